The lowest BCUT2D eigenvalue weighted by Crippen LogP contribution is -2.49. The summed E-state index contributed by atoms with van der Waals surface area (Å²) in [6, 6.07) is -2.17. The number of aliphatic imine (C=N–C) groups is 1. The van der Waals surface area contributed by atoms with Gasteiger partial charge in [-0.05, 0) is 25.7 Å². The minimum absolute atomic E-state index is 0.0171. The Morgan fingerprint density at radius 3 is 2.04 bits per heavy atom. The predicted octanol–water partition coefficient (Wildman–Crippen LogP) is 0.786. The third kappa shape index (κ3) is 12.2. The van der Waals surface area contributed by atoms with Crippen molar-refractivity contribution in [2.45, 2.75) is 78.4 Å². The lowest BCUT2D eigenvalue weighted by Gasteiger charge is -2.32. The first-order chi connectivity index (χ1) is 22.7. The van der Waals surface area contributed by atoms with Crippen LogP contribution in [0, 0.1) is 11.8 Å². The summed E-state index contributed by atoms with van der Waals surface area (Å²) in [4.78, 5) is 40.0. The first-order valence-electron chi connectivity index (χ1n) is 16.0. The second kappa shape index (κ2) is 19.9. The van der Waals surface area contributed by atoms with Gasteiger partial charge in [0, 0.05) is 32.8 Å². The van der Waals surface area contributed by atoms with Gasteiger partial charge in [-0.3, -0.25) is 19.1 Å². The number of nitrogen functional groups attached to an aromatic ring is 2. The van der Waals surface area contributed by atoms with Gasteiger partial charge in [0.15, 0.2) is 11.6 Å². The number of aromatic nitrogens is 2. The second-order valence-corrected chi connectivity index (χ2v) is 13.5. The Hall–Kier alpha value is -2.96. The van der Waals surface area contributed by atoms with Crippen molar-refractivity contribution in [1.82, 2.24) is 20.1 Å². The van der Waals surface area contributed by atoms with Gasteiger partial charge in [-0.2, -0.15) is 9.97 Å². The number of methoxy groups -OCH3 is 1. The molecule has 4 unspecified atom stereocenters. The zero-order chi connectivity index (χ0) is 36.0. The summed E-state index contributed by atoms with van der Waals surface area (Å²) >= 11 is 0. The minimum Gasteiger partial charge on any atom is -0.465 e. The number of anilines is 3. The number of morpholine rings is 1. The zero-order valence-corrected chi connectivity index (χ0v) is 29.7. The Morgan fingerprint density at radius 2 is 1.56 bits per heavy atom. The van der Waals surface area contributed by atoms with E-state index in [0.717, 1.165) is 0 Å². The molecule has 5 atom stereocenters. The van der Waals surface area contributed by atoms with E-state index in [2.05, 4.69) is 25.1 Å². The van der Waals surface area contributed by atoms with Gasteiger partial charge in [0.2, 0.25) is 5.95 Å². The highest BCUT2D eigenvalue weighted by atomic mass is 31.2. The van der Waals surface area contributed by atoms with Gasteiger partial charge in [0.05, 0.1) is 39.1 Å². The molecular formula is C29H53N8O10P. The first-order valence-corrected chi connectivity index (χ1v) is 17.6. The van der Waals surface area contributed by atoms with Crippen molar-refractivity contribution >= 4 is 49.1 Å². The fraction of sp³-hybridized carbons (Fsp3) is 0.759. The molecule has 19 heteroatoms. The number of nitrogens with two attached hydrogens (primary N) is 2. The fourth-order valence-electron chi connectivity index (χ4n) is 4.61. The van der Waals surface area contributed by atoms with Gasteiger partial charge in [0.25, 0.3) is 0 Å². The first kappa shape index (κ1) is 41.2. The summed E-state index contributed by atoms with van der Waals surface area (Å²) in [5.74, 6) is -1.68. The van der Waals surface area contributed by atoms with Crippen molar-refractivity contribution in [1.29, 1.82) is 0 Å². The number of carbonyl (C=O) groups excluding carboxylic acids is 2. The Morgan fingerprint density at radius 1 is 1.02 bits per heavy atom. The third-order valence-electron chi connectivity index (χ3n) is 7.32. The molecule has 8 N–H and O–H groups in total. The maximum absolute atomic E-state index is 14.3. The van der Waals surface area contributed by atoms with E-state index in [1.54, 1.807) is 41.5 Å². The highest BCUT2D eigenvalue weighted by Gasteiger charge is 2.40. The number of nitrogens with zero attached hydrogens (tertiary/aromatic N) is 4. The summed E-state index contributed by atoms with van der Waals surface area (Å²) in [6.07, 6.45) is -2.98. The van der Waals surface area contributed by atoms with Crippen LogP contribution in [0.15, 0.2) is 4.99 Å². The van der Waals surface area contributed by atoms with E-state index in [0.29, 0.717) is 32.1 Å². The average molecular weight is 705 g/mol. The Labute approximate surface area is 281 Å². The number of hydrogen-bond acceptors (Lipinski definition) is 16. The Bertz CT molecular complexity index is 1210. The predicted molar refractivity (Wildman–Crippen MR) is 180 cm³/mol. The summed E-state index contributed by atoms with van der Waals surface area (Å²) in [5, 5.41) is 27.3. The molecule has 2 rings (SSSR count). The highest BCUT2D eigenvalue weighted by molar-refractivity contribution is 7.54. The topological polar surface area (TPSA) is 255 Å². The Balaban J connectivity index is 2.25. The maximum atomic E-state index is 14.3. The van der Waals surface area contributed by atoms with Crippen molar-refractivity contribution in [2.24, 2.45) is 16.8 Å². The Kier molecular flexibility index (Phi) is 17.1. The molecule has 0 amide bonds. The number of hydrogen-bond donors (Lipinski definition) is 6. The molecule has 1 aromatic rings. The molecule has 48 heavy (non-hydrogen) atoms. The number of carbonyl (C=O) groups is 2. The van der Waals surface area contributed by atoms with Crippen LogP contribution in [-0.4, -0.2) is 122 Å². The molecule has 1 fully saturated rings. The van der Waals surface area contributed by atoms with E-state index in [9.17, 15) is 24.4 Å². The number of esters is 2. The van der Waals surface area contributed by atoms with Crippen LogP contribution >= 0.6 is 7.67 Å². The van der Waals surface area contributed by atoms with E-state index >= 15 is 0 Å². The largest absolute Gasteiger partial charge is 0.465 e. The molecule has 2 heterocycles. The van der Waals surface area contributed by atoms with Crippen LogP contribution in [0.2, 0.25) is 0 Å². The van der Waals surface area contributed by atoms with Gasteiger partial charge < -0.3 is 50.1 Å². The van der Waals surface area contributed by atoms with E-state index < -0.39 is 68.4 Å². The number of aliphatic hydroxyl groups is 2. The number of aliphatic hydroxyl groups excluding tert-OH is 2. The molecule has 0 bridgehead atoms. The SMILES string of the molecule is CCOC(=O)C(NP(=O)(NC(C(=O)OCC)C(C)C)OCC(OC)C(O)[C@H](O)C/C=N\c1c(N)nc(N)nc1N1CCOCC1)C(C)C. The lowest BCUT2D eigenvalue weighted by molar-refractivity contribution is -0.146. The van der Waals surface area contributed by atoms with Gasteiger partial charge in [-0.1, -0.05) is 27.7 Å². The van der Waals surface area contributed by atoms with Crippen LogP contribution in [0.1, 0.15) is 48.0 Å². The summed E-state index contributed by atoms with van der Waals surface area (Å²) in [5.41, 5.74) is 12.1. The molecule has 0 aromatic carbocycles. The van der Waals surface area contributed by atoms with Crippen LogP contribution in [0.5, 0.6) is 0 Å². The lowest BCUT2D eigenvalue weighted by atomic mass is 10.1. The van der Waals surface area contributed by atoms with E-state index in [1.807, 2.05) is 4.90 Å². The monoisotopic (exact) mass is 704 g/mol. The van der Waals surface area contributed by atoms with E-state index in [-0.39, 0.29) is 37.1 Å². The van der Waals surface area contributed by atoms with Crippen molar-refractivity contribution in [3.05, 3.63) is 0 Å². The molecular weight excluding hydrogens is 651 g/mol. The standard InChI is InChI=1S/C29H53N8O10P/c1-8-45-27(40)21(17(3)4)35-48(42,36-22(18(5)6)28(41)46-9-2)47-16-20(43-7)24(39)19(38)10-11-32-23-25(30)33-29(31)34-26(23)37-12-14-44-15-13-37/h11,17-22,24,38-39H,8-10,12-16H2,1-7H3,(H2,35,36,42)(H4,30,31,33,34)/b32-11-/t19-,20?,21?,22?,24?,48?/m1/s1. The molecule has 1 aliphatic rings. The number of rotatable bonds is 20. The zero-order valence-electron chi connectivity index (χ0n) is 28.8. The number of ether oxygens (including phenoxy) is 4. The summed E-state index contributed by atoms with van der Waals surface area (Å²) in [7, 11) is -3.00. The molecule has 1 aliphatic heterocycles. The molecule has 0 aliphatic carbocycles. The van der Waals surface area contributed by atoms with E-state index in [1.165, 1.54) is 13.3 Å². The fourth-order valence-corrected chi connectivity index (χ4v) is 6.73. The minimum atomic E-state index is -4.27. The maximum Gasteiger partial charge on any atom is 0.342 e. The molecule has 18 nitrogen and oxygen atoms in total. The summed E-state index contributed by atoms with van der Waals surface area (Å²) < 4.78 is 41.2. The van der Waals surface area contributed by atoms with Gasteiger partial charge >= 0.3 is 19.6 Å². The third-order valence-corrected chi connectivity index (χ3v) is 9.07. The highest BCUT2D eigenvalue weighted by Crippen LogP contribution is 2.41. The second-order valence-electron chi connectivity index (χ2n) is 11.7. The molecule has 0 spiro atoms. The van der Waals surface area contributed by atoms with Crippen LogP contribution < -0.4 is 26.5 Å². The molecule has 0 radical (unpaired) electrons. The van der Waals surface area contributed by atoms with Gasteiger partial charge in [0.1, 0.15) is 30.0 Å². The average Bonchev–Trinajstić information content (AvgIpc) is 3.03. The van der Waals surface area contributed by atoms with Crippen molar-refractivity contribution in [3.8, 4) is 0 Å². The smallest absolute Gasteiger partial charge is 0.342 e. The van der Waals surface area contributed by atoms with Crippen LogP contribution in [0.4, 0.5) is 23.3 Å². The van der Waals surface area contributed by atoms with Gasteiger partial charge in [-0.15, -0.1) is 0 Å². The van der Waals surface area contributed by atoms with Crippen molar-refractivity contribution in [2.75, 3.05) is 69.6 Å². The molecule has 1 saturated heterocycles. The van der Waals surface area contributed by atoms with Crippen molar-refractivity contribution < 1.29 is 47.8 Å². The quantitative estimate of drug-likeness (QED) is 0.0623. The molecule has 1 aromatic heterocycles. The van der Waals surface area contributed by atoms with Crippen LogP contribution in [0.3, 0.4) is 0 Å². The normalized spacial score (nSPS) is 18.4. The van der Waals surface area contributed by atoms with Crippen molar-refractivity contribution in [3.63, 3.8) is 0 Å². The summed E-state index contributed by atoms with van der Waals surface area (Å²) in [6.45, 7) is 11.9. The van der Waals surface area contributed by atoms with Crippen LogP contribution in [-0.2, 0) is 37.6 Å². The van der Waals surface area contributed by atoms with Gasteiger partial charge in [-0.25, -0.2) is 10.2 Å². The molecule has 0 saturated carbocycles. The molecule has 274 valence electrons. The van der Waals surface area contributed by atoms with Crippen LogP contribution in [0.25, 0.3) is 0 Å². The number of nitrogens with one attached hydrogen (secondary N) is 2. The van der Waals surface area contributed by atoms with E-state index in [4.69, 9.17) is 34.9 Å².